The van der Waals surface area contributed by atoms with Crippen LogP contribution in [0.5, 0.6) is 0 Å². The molecule has 1 heterocycles. The molecular weight excluding hydrogens is 140 g/mol. The molecule has 1 aliphatic rings. The second-order valence-corrected chi connectivity index (χ2v) is 3.26. The molecule has 1 fully saturated rings. The van der Waals surface area contributed by atoms with Crippen molar-refractivity contribution in [2.24, 2.45) is 5.92 Å². The average Bonchev–Trinajstić information content (AvgIpc) is 2.32. The molecule has 0 aromatic heterocycles. The summed E-state index contributed by atoms with van der Waals surface area (Å²) in [4.78, 5) is 13.1. The number of likely N-dealkylation sites (N-methyl/N-ethyl adjacent to an activating group) is 1. The molecule has 1 amide bonds. The van der Waals surface area contributed by atoms with Crippen LogP contribution in [0.15, 0.2) is 0 Å². The van der Waals surface area contributed by atoms with E-state index in [4.69, 9.17) is 0 Å². The van der Waals surface area contributed by atoms with E-state index in [-0.39, 0.29) is 11.9 Å². The van der Waals surface area contributed by atoms with E-state index in [1.807, 2.05) is 7.05 Å². The molecule has 11 heavy (non-hydrogen) atoms. The van der Waals surface area contributed by atoms with Gasteiger partial charge in [0, 0.05) is 7.05 Å². The SMILES string of the molecule is CCC(C)C1NCN(C)C1=O. The lowest BCUT2D eigenvalue weighted by Crippen LogP contribution is -2.34. The summed E-state index contributed by atoms with van der Waals surface area (Å²) in [6.07, 6.45) is 1.05. The normalized spacial score (nSPS) is 27.7. The quantitative estimate of drug-likeness (QED) is 0.628. The molecule has 1 saturated heterocycles. The number of nitrogens with zero attached hydrogens (tertiary/aromatic N) is 1. The Morgan fingerprint density at radius 2 is 2.45 bits per heavy atom. The van der Waals surface area contributed by atoms with Crippen LogP contribution in [-0.2, 0) is 4.79 Å². The van der Waals surface area contributed by atoms with Gasteiger partial charge in [-0.2, -0.15) is 0 Å². The van der Waals surface area contributed by atoms with Crippen LogP contribution in [0, 0.1) is 5.92 Å². The highest BCUT2D eigenvalue weighted by molar-refractivity contribution is 5.83. The molecule has 3 nitrogen and oxygen atoms in total. The Balaban J connectivity index is 2.54. The first-order chi connectivity index (χ1) is 5.16. The molecule has 3 heteroatoms. The molecule has 0 bridgehead atoms. The monoisotopic (exact) mass is 156 g/mol. The Hall–Kier alpha value is -0.570. The van der Waals surface area contributed by atoms with Crippen LogP contribution >= 0.6 is 0 Å². The number of hydrogen-bond acceptors (Lipinski definition) is 2. The molecule has 2 unspecified atom stereocenters. The molecule has 1 N–H and O–H groups in total. The van der Waals surface area contributed by atoms with Gasteiger partial charge in [-0.1, -0.05) is 20.3 Å². The van der Waals surface area contributed by atoms with Crippen molar-refractivity contribution >= 4 is 5.91 Å². The fraction of sp³-hybridized carbons (Fsp3) is 0.875. The average molecular weight is 156 g/mol. The van der Waals surface area contributed by atoms with Gasteiger partial charge in [-0.15, -0.1) is 0 Å². The number of rotatable bonds is 2. The Morgan fingerprint density at radius 3 is 2.82 bits per heavy atom. The number of hydrogen-bond donors (Lipinski definition) is 1. The minimum atomic E-state index is 0.0602. The van der Waals surface area contributed by atoms with E-state index in [1.165, 1.54) is 0 Å². The summed E-state index contributed by atoms with van der Waals surface area (Å²) in [6.45, 7) is 4.92. The first-order valence-corrected chi connectivity index (χ1v) is 4.15. The highest BCUT2D eigenvalue weighted by Crippen LogP contribution is 2.13. The van der Waals surface area contributed by atoms with E-state index >= 15 is 0 Å². The topological polar surface area (TPSA) is 32.3 Å². The summed E-state index contributed by atoms with van der Waals surface area (Å²) < 4.78 is 0. The van der Waals surface area contributed by atoms with Gasteiger partial charge >= 0.3 is 0 Å². The molecule has 0 radical (unpaired) electrons. The van der Waals surface area contributed by atoms with Crippen LogP contribution in [0.3, 0.4) is 0 Å². The third kappa shape index (κ3) is 1.53. The van der Waals surface area contributed by atoms with Gasteiger partial charge in [-0.25, -0.2) is 0 Å². The molecule has 0 aliphatic carbocycles. The number of carbonyl (C=O) groups excluding carboxylic acids is 1. The Bertz CT molecular complexity index is 158. The molecule has 0 spiro atoms. The van der Waals surface area contributed by atoms with Crippen LogP contribution in [0.1, 0.15) is 20.3 Å². The summed E-state index contributed by atoms with van der Waals surface area (Å²) in [5.74, 6) is 0.687. The zero-order chi connectivity index (χ0) is 8.43. The summed E-state index contributed by atoms with van der Waals surface area (Å²) in [6, 6.07) is 0.0602. The second kappa shape index (κ2) is 3.22. The van der Waals surface area contributed by atoms with Crippen LogP contribution in [0.4, 0.5) is 0 Å². The molecule has 1 rings (SSSR count). The minimum Gasteiger partial charge on any atom is -0.332 e. The summed E-state index contributed by atoms with van der Waals surface area (Å²) in [7, 11) is 1.83. The van der Waals surface area contributed by atoms with Gasteiger partial charge < -0.3 is 4.90 Å². The number of nitrogens with one attached hydrogen (secondary N) is 1. The first-order valence-electron chi connectivity index (χ1n) is 4.15. The highest BCUT2D eigenvalue weighted by atomic mass is 16.2. The predicted molar refractivity (Wildman–Crippen MR) is 44.0 cm³/mol. The molecule has 0 aromatic rings. The van der Waals surface area contributed by atoms with E-state index in [0.717, 1.165) is 6.42 Å². The zero-order valence-electron chi connectivity index (χ0n) is 7.42. The van der Waals surface area contributed by atoms with Crippen molar-refractivity contribution in [3.8, 4) is 0 Å². The van der Waals surface area contributed by atoms with Crippen LogP contribution in [0.25, 0.3) is 0 Å². The minimum absolute atomic E-state index is 0.0602. The fourth-order valence-corrected chi connectivity index (χ4v) is 1.32. The predicted octanol–water partition coefficient (Wildman–Crippen LogP) is 0.420. The van der Waals surface area contributed by atoms with Gasteiger partial charge in [-0.3, -0.25) is 10.1 Å². The smallest absolute Gasteiger partial charge is 0.240 e. The molecular formula is C8H16N2O. The summed E-state index contributed by atoms with van der Waals surface area (Å²) in [5.41, 5.74) is 0. The second-order valence-electron chi connectivity index (χ2n) is 3.26. The van der Waals surface area contributed by atoms with Gasteiger partial charge in [0.1, 0.15) is 0 Å². The molecule has 0 saturated carbocycles. The lowest BCUT2D eigenvalue weighted by molar-refractivity contribution is -0.128. The summed E-state index contributed by atoms with van der Waals surface area (Å²) >= 11 is 0. The lowest BCUT2D eigenvalue weighted by atomic mass is 10.00. The van der Waals surface area contributed by atoms with E-state index in [9.17, 15) is 4.79 Å². The van der Waals surface area contributed by atoms with Gasteiger partial charge in [0.25, 0.3) is 0 Å². The van der Waals surface area contributed by atoms with Gasteiger partial charge in [-0.05, 0) is 5.92 Å². The van der Waals surface area contributed by atoms with Crippen molar-refractivity contribution < 1.29 is 4.79 Å². The Morgan fingerprint density at radius 1 is 1.82 bits per heavy atom. The van der Waals surface area contributed by atoms with Crippen molar-refractivity contribution in [3.63, 3.8) is 0 Å². The maximum Gasteiger partial charge on any atom is 0.240 e. The lowest BCUT2D eigenvalue weighted by Gasteiger charge is -2.14. The number of carbonyl (C=O) groups is 1. The highest BCUT2D eigenvalue weighted by Gasteiger charge is 2.31. The van der Waals surface area contributed by atoms with Crippen molar-refractivity contribution in [3.05, 3.63) is 0 Å². The van der Waals surface area contributed by atoms with Gasteiger partial charge in [0.15, 0.2) is 0 Å². The van der Waals surface area contributed by atoms with Crippen molar-refractivity contribution in [2.75, 3.05) is 13.7 Å². The van der Waals surface area contributed by atoms with E-state index in [0.29, 0.717) is 12.6 Å². The maximum absolute atomic E-state index is 11.4. The summed E-state index contributed by atoms with van der Waals surface area (Å²) in [5, 5.41) is 3.18. The van der Waals surface area contributed by atoms with Gasteiger partial charge in [0.05, 0.1) is 12.7 Å². The van der Waals surface area contributed by atoms with E-state index in [1.54, 1.807) is 4.90 Å². The van der Waals surface area contributed by atoms with Crippen LogP contribution < -0.4 is 5.32 Å². The van der Waals surface area contributed by atoms with Crippen molar-refractivity contribution in [1.82, 2.24) is 10.2 Å². The van der Waals surface area contributed by atoms with E-state index < -0.39 is 0 Å². The fourth-order valence-electron chi connectivity index (χ4n) is 1.32. The van der Waals surface area contributed by atoms with Crippen LogP contribution in [-0.4, -0.2) is 30.6 Å². The largest absolute Gasteiger partial charge is 0.332 e. The maximum atomic E-state index is 11.4. The number of amides is 1. The van der Waals surface area contributed by atoms with Crippen molar-refractivity contribution in [1.29, 1.82) is 0 Å². The van der Waals surface area contributed by atoms with Crippen molar-refractivity contribution in [2.45, 2.75) is 26.3 Å². The molecule has 64 valence electrons. The van der Waals surface area contributed by atoms with E-state index in [2.05, 4.69) is 19.2 Å². The molecule has 2 atom stereocenters. The molecule has 0 aromatic carbocycles. The third-order valence-electron chi connectivity index (χ3n) is 2.40. The standard InChI is InChI=1S/C8H16N2O/c1-4-6(2)7-8(11)10(3)5-9-7/h6-7,9H,4-5H2,1-3H3. The van der Waals surface area contributed by atoms with Gasteiger partial charge in [0.2, 0.25) is 5.91 Å². The Kier molecular flexibility index (Phi) is 2.49. The Labute approximate surface area is 67.8 Å². The van der Waals surface area contributed by atoms with Crippen LogP contribution in [0.2, 0.25) is 0 Å². The first kappa shape index (κ1) is 8.53. The molecule has 1 aliphatic heterocycles. The zero-order valence-corrected chi connectivity index (χ0v) is 7.42. The third-order valence-corrected chi connectivity index (χ3v) is 2.40.